The van der Waals surface area contributed by atoms with Gasteiger partial charge in [0.15, 0.2) is 0 Å². The summed E-state index contributed by atoms with van der Waals surface area (Å²) >= 11 is 0. The molecule has 0 aromatic carbocycles. The van der Waals surface area contributed by atoms with Gasteiger partial charge < -0.3 is 10.6 Å². The molecule has 2 unspecified atom stereocenters. The van der Waals surface area contributed by atoms with Crippen LogP contribution in [0, 0.1) is 6.92 Å². The van der Waals surface area contributed by atoms with Crippen molar-refractivity contribution < 1.29 is 4.79 Å². The fourth-order valence-corrected chi connectivity index (χ4v) is 2.41. The molecule has 1 aliphatic carbocycles. The third kappa shape index (κ3) is 4.05. The van der Waals surface area contributed by atoms with Gasteiger partial charge in [0.1, 0.15) is 0 Å². The Morgan fingerprint density at radius 1 is 1.47 bits per heavy atom. The second kappa shape index (κ2) is 6.31. The molecular formula is C14H20N4O. The fourth-order valence-electron chi connectivity index (χ4n) is 2.41. The Kier molecular flexibility index (Phi) is 4.49. The number of aromatic nitrogens is 2. The Bertz CT molecular complexity index is 461. The number of rotatable bonds is 4. The van der Waals surface area contributed by atoms with Crippen LogP contribution in [0.2, 0.25) is 0 Å². The summed E-state index contributed by atoms with van der Waals surface area (Å²) in [5.41, 5.74) is 0.949. The van der Waals surface area contributed by atoms with Crippen LogP contribution < -0.4 is 10.6 Å². The first-order valence-corrected chi connectivity index (χ1v) is 6.66. The number of hydrogen-bond acceptors (Lipinski definition) is 4. The van der Waals surface area contributed by atoms with Gasteiger partial charge in [-0.15, -0.1) is 0 Å². The number of carbonyl (C=O) groups excluding carboxylic acids is 1. The van der Waals surface area contributed by atoms with E-state index in [-0.39, 0.29) is 11.9 Å². The van der Waals surface area contributed by atoms with Crippen molar-refractivity contribution in [3.63, 3.8) is 0 Å². The zero-order valence-electron chi connectivity index (χ0n) is 11.2. The minimum absolute atomic E-state index is 0.0996. The molecule has 1 heterocycles. The number of nitrogens with zero attached hydrogens (tertiary/aromatic N) is 2. The van der Waals surface area contributed by atoms with Crippen LogP contribution in [-0.2, 0) is 4.79 Å². The molecule has 1 aromatic heterocycles. The van der Waals surface area contributed by atoms with Crippen molar-refractivity contribution in [3.8, 4) is 0 Å². The highest BCUT2D eigenvalue weighted by Gasteiger charge is 2.23. The van der Waals surface area contributed by atoms with Gasteiger partial charge >= 0.3 is 0 Å². The molecule has 19 heavy (non-hydrogen) atoms. The van der Waals surface area contributed by atoms with Gasteiger partial charge in [-0.2, -0.15) is 0 Å². The predicted octanol–water partition coefficient (Wildman–Crippen LogP) is 1.81. The molecule has 2 rings (SSSR count). The molecule has 1 amide bonds. The SMILES string of the molecule is C=CC(=O)NC1CCCC(Nc2nccc(C)n2)C1. The topological polar surface area (TPSA) is 66.9 Å². The maximum Gasteiger partial charge on any atom is 0.243 e. The van der Waals surface area contributed by atoms with Crippen molar-refractivity contribution >= 4 is 11.9 Å². The van der Waals surface area contributed by atoms with Crippen LogP contribution in [0.25, 0.3) is 0 Å². The molecule has 102 valence electrons. The van der Waals surface area contributed by atoms with Gasteiger partial charge in [0.25, 0.3) is 0 Å². The zero-order chi connectivity index (χ0) is 13.7. The number of carbonyl (C=O) groups is 1. The van der Waals surface area contributed by atoms with E-state index < -0.39 is 0 Å². The van der Waals surface area contributed by atoms with Gasteiger partial charge in [0, 0.05) is 24.0 Å². The van der Waals surface area contributed by atoms with Gasteiger partial charge in [-0.3, -0.25) is 4.79 Å². The van der Waals surface area contributed by atoms with Crippen LogP contribution in [0.5, 0.6) is 0 Å². The van der Waals surface area contributed by atoms with Crippen LogP contribution in [-0.4, -0.2) is 28.0 Å². The second-order valence-electron chi connectivity index (χ2n) is 4.94. The molecule has 5 nitrogen and oxygen atoms in total. The summed E-state index contributed by atoms with van der Waals surface area (Å²) in [7, 11) is 0. The van der Waals surface area contributed by atoms with E-state index in [1.165, 1.54) is 6.08 Å². The van der Waals surface area contributed by atoms with Crippen molar-refractivity contribution in [3.05, 3.63) is 30.6 Å². The lowest BCUT2D eigenvalue weighted by Gasteiger charge is -2.30. The van der Waals surface area contributed by atoms with Crippen molar-refractivity contribution in [1.29, 1.82) is 0 Å². The first-order chi connectivity index (χ1) is 9.17. The number of hydrogen-bond donors (Lipinski definition) is 2. The lowest BCUT2D eigenvalue weighted by Crippen LogP contribution is -2.41. The maximum atomic E-state index is 11.3. The summed E-state index contributed by atoms with van der Waals surface area (Å²) in [6.45, 7) is 5.42. The first kappa shape index (κ1) is 13.5. The number of nitrogens with one attached hydrogen (secondary N) is 2. The molecule has 1 aliphatic rings. The van der Waals surface area contributed by atoms with E-state index in [4.69, 9.17) is 0 Å². The predicted molar refractivity (Wildman–Crippen MR) is 74.8 cm³/mol. The van der Waals surface area contributed by atoms with Gasteiger partial charge in [-0.1, -0.05) is 6.58 Å². The molecule has 0 spiro atoms. The highest BCUT2D eigenvalue weighted by atomic mass is 16.1. The van der Waals surface area contributed by atoms with E-state index in [9.17, 15) is 4.79 Å². The Morgan fingerprint density at radius 3 is 3.00 bits per heavy atom. The second-order valence-corrected chi connectivity index (χ2v) is 4.94. The smallest absolute Gasteiger partial charge is 0.243 e. The van der Waals surface area contributed by atoms with Gasteiger partial charge in [-0.05, 0) is 44.7 Å². The summed E-state index contributed by atoms with van der Waals surface area (Å²) in [6.07, 6.45) is 7.16. The number of aryl methyl sites for hydroxylation is 1. The van der Waals surface area contributed by atoms with Crippen molar-refractivity contribution in [2.45, 2.75) is 44.7 Å². The van der Waals surface area contributed by atoms with E-state index in [0.717, 1.165) is 31.4 Å². The highest BCUT2D eigenvalue weighted by molar-refractivity contribution is 5.87. The van der Waals surface area contributed by atoms with Crippen LogP contribution in [0.3, 0.4) is 0 Å². The first-order valence-electron chi connectivity index (χ1n) is 6.66. The van der Waals surface area contributed by atoms with Crippen LogP contribution in [0.15, 0.2) is 24.9 Å². The Labute approximate surface area is 113 Å². The van der Waals surface area contributed by atoms with Gasteiger partial charge in [0.2, 0.25) is 11.9 Å². The van der Waals surface area contributed by atoms with Crippen molar-refractivity contribution in [2.24, 2.45) is 0 Å². The molecule has 2 N–H and O–H groups in total. The number of amides is 1. The van der Waals surface area contributed by atoms with E-state index in [2.05, 4.69) is 27.2 Å². The number of anilines is 1. The minimum atomic E-state index is -0.0996. The fraction of sp³-hybridized carbons (Fsp3) is 0.500. The Hall–Kier alpha value is -1.91. The molecule has 5 heteroatoms. The highest BCUT2D eigenvalue weighted by Crippen LogP contribution is 2.21. The summed E-state index contributed by atoms with van der Waals surface area (Å²) in [6, 6.07) is 2.39. The molecular weight excluding hydrogens is 240 g/mol. The van der Waals surface area contributed by atoms with Crippen molar-refractivity contribution in [2.75, 3.05) is 5.32 Å². The molecule has 1 aromatic rings. The average molecular weight is 260 g/mol. The summed E-state index contributed by atoms with van der Waals surface area (Å²) < 4.78 is 0. The summed E-state index contributed by atoms with van der Waals surface area (Å²) in [5, 5.41) is 6.30. The van der Waals surface area contributed by atoms with E-state index in [0.29, 0.717) is 12.0 Å². The molecule has 0 saturated heterocycles. The minimum Gasteiger partial charge on any atom is -0.351 e. The Balaban J connectivity index is 1.90. The summed E-state index contributed by atoms with van der Waals surface area (Å²) in [5.74, 6) is 0.568. The lowest BCUT2D eigenvalue weighted by atomic mass is 9.91. The molecule has 2 atom stereocenters. The van der Waals surface area contributed by atoms with Crippen LogP contribution in [0.4, 0.5) is 5.95 Å². The molecule has 0 radical (unpaired) electrons. The standard InChI is InChI=1S/C14H20N4O/c1-3-13(19)17-11-5-4-6-12(9-11)18-14-15-8-7-10(2)16-14/h3,7-8,11-12H,1,4-6,9H2,2H3,(H,17,19)(H,15,16,18). The van der Waals surface area contributed by atoms with Gasteiger partial charge in [-0.25, -0.2) is 9.97 Å². The summed E-state index contributed by atoms with van der Waals surface area (Å²) in [4.78, 5) is 19.9. The van der Waals surface area contributed by atoms with Crippen molar-refractivity contribution in [1.82, 2.24) is 15.3 Å². The largest absolute Gasteiger partial charge is 0.351 e. The van der Waals surface area contributed by atoms with Gasteiger partial charge in [0.05, 0.1) is 0 Å². The maximum absolute atomic E-state index is 11.3. The molecule has 1 fully saturated rings. The normalized spacial score (nSPS) is 22.6. The average Bonchev–Trinajstić information content (AvgIpc) is 2.39. The van der Waals surface area contributed by atoms with E-state index in [1.807, 2.05) is 13.0 Å². The molecule has 1 saturated carbocycles. The molecule has 0 bridgehead atoms. The Morgan fingerprint density at radius 2 is 2.26 bits per heavy atom. The monoisotopic (exact) mass is 260 g/mol. The molecule has 0 aliphatic heterocycles. The third-order valence-corrected chi connectivity index (χ3v) is 3.33. The quantitative estimate of drug-likeness (QED) is 0.810. The van der Waals surface area contributed by atoms with E-state index in [1.54, 1.807) is 6.20 Å². The lowest BCUT2D eigenvalue weighted by molar-refractivity contribution is -0.117. The zero-order valence-corrected chi connectivity index (χ0v) is 11.2. The van der Waals surface area contributed by atoms with E-state index >= 15 is 0 Å². The van der Waals surface area contributed by atoms with Crippen LogP contribution >= 0.6 is 0 Å². The third-order valence-electron chi connectivity index (χ3n) is 3.33. The van der Waals surface area contributed by atoms with Crippen LogP contribution in [0.1, 0.15) is 31.4 Å².